The monoisotopic (exact) mass is 323 g/mol. The van der Waals surface area contributed by atoms with E-state index in [1.807, 2.05) is 32.0 Å². The van der Waals surface area contributed by atoms with Gasteiger partial charge in [0.2, 0.25) is 0 Å². The molecule has 0 bridgehead atoms. The highest BCUT2D eigenvalue weighted by molar-refractivity contribution is 6.42. The SMILES string of the molecule is Cc1ccc(C(O)C(CN)c2ccc(Cl)c(Cl)c2)c(C)c1. The van der Waals surface area contributed by atoms with Crippen LogP contribution in [0.15, 0.2) is 36.4 Å². The molecule has 0 fully saturated rings. The minimum atomic E-state index is -0.673. The van der Waals surface area contributed by atoms with Gasteiger partial charge in [-0.15, -0.1) is 0 Å². The van der Waals surface area contributed by atoms with Crippen LogP contribution in [-0.2, 0) is 0 Å². The summed E-state index contributed by atoms with van der Waals surface area (Å²) in [5, 5.41) is 11.7. The van der Waals surface area contributed by atoms with Gasteiger partial charge in [0.15, 0.2) is 0 Å². The average molecular weight is 324 g/mol. The number of hydrogen-bond acceptors (Lipinski definition) is 2. The van der Waals surface area contributed by atoms with E-state index in [0.29, 0.717) is 16.6 Å². The van der Waals surface area contributed by atoms with Gasteiger partial charge in [-0.2, -0.15) is 0 Å². The van der Waals surface area contributed by atoms with Crippen LogP contribution in [-0.4, -0.2) is 11.7 Å². The fourth-order valence-electron chi connectivity index (χ4n) is 2.56. The molecule has 2 rings (SSSR count). The van der Waals surface area contributed by atoms with E-state index in [1.54, 1.807) is 12.1 Å². The standard InChI is InChI=1S/C17H19Cl2NO/c1-10-3-5-13(11(2)7-10)17(21)14(9-20)12-4-6-15(18)16(19)8-12/h3-8,14,17,21H,9,20H2,1-2H3. The Morgan fingerprint density at radius 2 is 1.76 bits per heavy atom. The van der Waals surface area contributed by atoms with Gasteiger partial charge in [0.1, 0.15) is 0 Å². The average Bonchev–Trinajstić information content (AvgIpc) is 2.43. The van der Waals surface area contributed by atoms with Crippen LogP contribution in [0.1, 0.15) is 34.3 Å². The zero-order valence-electron chi connectivity index (χ0n) is 12.1. The molecule has 2 atom stereocenters. The van der Waals surface area contributed by atoms with Crippen molar-refractivity contribution in [2.24, 2.45) is 5.73 Å². The van der Waals surface area contributed by atoms with Crippen LogP contribution in [0.2, 0.25) is 10.0 Å². The van der Waals surface area contributed by atoms with Crippen LogP contribution >= 0.6 is 23.2 Å². The topological polar surface area (TPSA) is 46.2 Å². The first-order valence-corrected chi connectivity index (χ1v) is 7.60. The van der Waals surface area contributed by atoms with E-state index < -0.39 is 6.10 Å². The summed E-state index contributed by atoms with van der Waals surface area (Å²) in [6.45, 7) is 4.35. The Morgan fingerprint density at radius 3 is 2.33 bits per heavy atom. The molecule has 0 aliphatic carbocycles. The number of aryl methyl sites for hydroxylation is 2. The molecule has 2 unspecified atom stereocenters. The molecule has 0 saturated heterocycles. The third-order valence-corrected chi connectivity index (χ3v) is 4.49. The molecule has 0 radical (unpaired) electrons. The molecular formula is C17H19Cl2NO. The molecule has 2 aromatic carbocycles. The lowest BCUT2D eigenvalue weighted by molar-refractivity contribution is 0.147. The highest BCUT2D eigenvalue weighted by Crippen LogP contribution is 2.34. The highest BCUT2D eigenvalue weighted by atomic mass is 35.5. The van der Waals surface area contributed by atoms with Crippen LogP contribution in [0, 0.1) is 13.8 Å². The quantitative estimate of drug-likeness (QED) is 0.876. The van der Waals surface area contributed by atoms with Gasteiger partial charge in [-0.3, -0.25) is 0 Å². The molecule has 3 N–H and O–H groups in total. The predicted octanol–water partition coefficient (Wildman–Crippen LogP) is 4.39. The van der Waals surface area contributed by atoms with E-state index in [1.165, 1.54) is 5.56 Å². The van der Waals surface area contributed by atoms with Crippen molar-refractivity contribution >= 4 is 23.2 Å². The zero-order chi connectivity index (χ0) is 15.6. The summed E-state index contributed by atoms with van der Waals surface area (Å²) in [6.07, 6.45) is -0.673. The Hall–Kier alpha value is -1.06. The van der Waals surface area contributed by atoms with Gasteiger partial charge in [-0.25, -0.2) is 0 Å². The number of rotatable bonds is 4. The molecule has 0 amide bonds. The molecule has 2 nitrogen and oxygen atoms in total. The van der Waals surface area contributed by atoms with Crippen LogP contribution in [0.5, 0.6) is 0 Å². The first-order valence-electron chi connectivity index (χ1n) is 6.84. The van der Waals surface area contributed by atoms with Crippen molar-refractivity contribution in [3.8, 4) is 0 Å². The van der Waals surface area contributed by atoms with Crippen molar-refractivity contribution in [2.45, 2.75) is 25.9 Å². The number of aliphatic hydroxyl groups excluding tert-OH is 1. The van der Waals surface area contributed by atoms with Crippen molar-refractivity contribution in [3.63, 3.8) is 0 Å². The lowest BCUT2D eigenvalue weighted by atomic mass is 9.87. The van der Waals surface area contributed by atoms with Crippen molar-refractivity contribution < 1.29 is 5.11 Å². The van der Waals surface area contributed by atoms with Gasteiger partial charge in [0.05, 0.1) is 16.1 Å². The van der Waals surface area contributed by atoms with Gasteiger partial charge < -0.3 is 10.8 Å². The largest absolute Gasteiger partial charge is 0.388 e. The first kappa shape index (κ1) is 16.3. The van der Waals surface area contributed by atoms with Crippen LogP contribution in [0.25, 0.3) is 0 Å². The van der Waals surface area contributed by atoms with Crippen LogP contribution in [0.4, 0.5) is 0 Å². The zero-order valence-corrected chi connectivity index (χ0v) is 13.6. The normalized spacial score (nSPS) is 14.0. The number of hydrogen-bond donors (Lipinski definition) is 2. The van der Waals surface area contributed by atoms with Gasteiger partial charge in [0, 0.05) is 12.5 Å². The Bertz CT molecular complexity index is 643. The number of halogens is 2. The third kappa shape index (κ3) is 3.58. The molecule has 0 aliphatic rings. The van der Waals surface area contributed by atoms with Gasteiger partial charge in [0.25, 0.3) is 0 Å². The second kappa shape index (κ2) is 6.80. The molecule has 0 aliphatic heterocycles. The molecule has 4 heteroatoms. The molecule has 112 valence electrons. The van der Waals surface area contributed by atoms with Gasteiger partial charge >= 0.3 is 0 Å². The fraction of sp³-hybridized carbons (Fsp3) is 0.294. The minimum Gasteiger partial charge on any atom is -0.388 e. The lowest BCUT2D eigenvalue weighted by Gasteiger charge is -2.24. The molecule has 2 aromatic rings. The Labute approximate surface area is 135 Å². The number of aliphatic hydroxyl groups is 1. The Morgan fingerprint density at radius 1 is 1.05 bits per heavy atom. The highest BCUT2D eigenvalue weighted by Gasteiger charge is 2.23. The Kier molecular flexibility index (Phi) is 5.28. The van der Waals surface area contributed by atoms with Crippen molar-refractivity contribution in [3.05, 3.63) is 68.7 Å². The van der Waals surface area contributed by atoms with Crippen LogP contribution < -0.4 is 5.73 Å². The summed E-state index contributed by atoms with van der Waals surface area (Å²) in [7, 11) is 0. The second-order valence-electron chi connectivity index (χ2n) is 5.32. The van der Waals surface area contributed by atoms with E-state index >= 15 is 0 Å². The molecule has 0 spiro atoms. The van der Waals surface area contributed by atoms with Gasteiger partial charge in [-0.05, 0) is 42.7 Å². The molecule has 0 aromatic heterocycles. The maximum absolute atomic E-state index is 10.7. The van der Waals surface area contributed by atoms with Gasteiger partial charge in [-0.1, -0.05) is 53.0 Å². The number of nitrogens with two attached hydrogens (primary N) is 1. The summed E-state index contributed by atoms with van der Waals surface area (Å²) in [4.78, 5) is 0. The van der Waals surface area contributed by atoms with E-state index in [0.717, 1.165) is 16.7 Å². The smallest absolute Gasteiger partial charge is 0.0873 e. The van der Waals surface area contributed by atoms with Crippen molar-refractivity contribution in [1.82, 2.24) is 0 Å². The molecule has 0 heterocycles. The van der Waals surface area contributed by atoms with E-state index in [-0.39, 0.29) is 5.92 Å². The molecule has 21 heavy (non-hydrogen) atoms. The maximum atomic E-state index is 10.7. The number of benzene rings is 2. The second-order valence-corrected chi connectivity index (χ2v) is 6.14. The van der Waals surface area contributed by atoms with E-state index in [2.05, 4.69) is 6.07 Å². The summed E-state index contributed by atoms with van der Waals surface area (Å²) in [5.41, 5.74) is 9.88. The van der Waals surface area contributed by atoms with E-state index in [4.69, 9.17) is 28.9 Å². The summed E-state index contributed by atoms with van der Waals surface area (Å²) >= 11 is 12.0. The lowest BCUT2D eigenvalue weighted by Crippen LogP contribution is -2.20. The summed E-state index contributed by atoms with van der Waals surface area (Å²) < 4.78 is 0. The van der Waals surface area contributed by atoms with Crippen molar-refractivity contribution in [2.75, 3.05) is 6.54 Å². The summed E-state index contributed by atoms with van der Waals surface area (Å²) in [6, 6.07) is 11.4. The predicted molar refractivity (Wildman–Crippen MR) is 89.1 cm³/mol. The first-order chi connectivity index (χ1) is 9.93. The summed E-state index contributed by atoms with van der Waals surface area (Å²) in [5.74, 6) is -0.221. The minimum absolute atomic E-state index is 0.221. The Balaban J connectivity index is 2.37. The van der Waals surface area contributed by atoms with Crippen molar-refractivity contribution in [1.29, 1.82) is 0 Å². The van der Waals surface area contributed by atoms with Crippen LogP contribution in [0.3, 0.4) is 0 Å². The molecular weight excluding hydrogens is 305 g/mol. The van der Waals surface area contributed by atoms with E-state index in [9.17, 15) is 5.11 Å². The molecule has 0 saturated carbocycles. The third-order valence-electron chi connectivity index (χ3n) is 3.75. The fourth-order valence-corrected chi connectivity index (χ4v) is 2.87. The maximum Gasteiger partial charge on any atom is 0.0873 e.